The number of halogens is 1. The molecule has 0 atom stereocenters. The number of aliphatic imine (C=N–C) groups is 1. The molecule has 128 valence electrons. The third kappa shape index (κ3) is 6.57. The number of rotatable bonds is 6. The lowest BCUT2D eigenvalue weighted by Gasteiger charge is -2.20. The molecular weight excluding hydrogens is 291 g/mol. The van der Waals surface area contributed by atoms with E-state index in [0.717, 1.165) is 24.6 Å². The predicted octanol–water partition coefficient (Wildman–Crippen LogP) is 2.41. The number of guanidine groups is 1. The zero-order valence-electron chi connectivity index (χ0n) is 14.2. The molecule has 4 nitrogen and oxygen atoms in total. The first-order valence-electron chi connectivity index (χ1n) is 8.70. The van der Waals surface area contributed by atoms with Gasteiger partial charge in [0, 0.05) is 26.7 Å². The maximum atomic E-state index is 13.6. The summed E-state index contributed by atoms with van der Waals surface area (Å²) in [5.41, 5.74) is 0.736. The molecule has 5 heteroatoms. The largest absolute Gasteiger partial charge is 0.356 e. The smallest absolute Gasteiger partial charge is 0.191 e. The van der Waals surface area contributed by atoms with E-state index in [2.05, 4.69) is 20.5 Å². The van der Waals surface area contributed by atoms with Gasteiger partial charge in [0.25, 0.3) is 0 Å². The third-order valence-electron chi connectivity index (χ3n) is 4.29. The van der Waals surface area contributed by atoms with Crippen LogP contribution in [-0.4, -0.2) is 50.6 Å². The van der Waals surface area contributed by atoms with Crippen molar-refractivity contribution < 1.29 is 4.39 Å². The summed E-state index contributed by atoms with van der Waals surface area (Å²) in [4.78, 5) is 6.75. The van der Waals surface area contributed by atoms with E-state index in [1.165, 1.54) is 44.8 Å². The summed E-state index contributed by atoms with van der Waals surface area (Å²) in [5, 5.41) is 6.59. The molecule has 1 fully saturated rings. The molecule has 1 aliphatic rings. The van der Waals surface area contributed by atoms with E-state index in [9.17, 15) is 4.39 Å². The molecule has 0 saturated carbocycles. The van der Waals surface area contributed by atoms with Gasteiger partial charge in [-0.25, -0.2) is 4.39 Å². The van der Waals surface area contributed by atoms with E-state index in [0.29, 0.717) is 13.0 Å². The fraction of sp³-hybridized carbons (Fsp3) is 0.611. The van der Waals surface area contributed by atoms with Gasteiger partial charge in [-0.3, -0.25) is 4.99 Å². The molecule has 1 saturated heterocycles. The summed E-state index contributed by atoms with van der Waals surface area (Å²) in [6, 6.07) is 6.92. The Morgan fingerprint density at radius 2 is 1.78 bits per heavy atom. The van der Waals surface area contributed by atoms with Crippen LogP contribution in [0.5, 0.6) is 0 Å². The van der Waals surface area contributed by atoms with Crippen LogP contribution in [0.2, 0.25) is 0 Å². The minimum atomic E-state index is -0.140. The molecule has 0 aliphatic carbocycles. The molecule has 1 aromatic rings. The second-order valence-corrected chi connectivity index (χ2v) is 6.02. The quantitative estimate of drug-likeness (QED) is 0.625. The number of hydrogen-bond donors (Lipinski definition) is 2. The summed E-state index contributed by atoms with van der Waals surface area (Å²) in [7, 11) is 1.77. The molecule has 2 N–H and O–H groups in total. The lowest BCUT2D eigenvalue weighted by molar-refractivity contribution is 0.289. The van der Waals surface area contributed by atoms with Gasteiger partial charge in [-0.2, -0.15) is 0 Å². The molecule has 0 bridgehead atoms. The van der Waals surface area contributed by atoms with Crippen LogP contribution in [0.4, 0.5) is 4.39 Å². The topological polar surface area (TPSA) is 39.7 Å². The molecule has 0 amide bonds. The molecular formula is C18H29FN4. The van der Waals surface area contributed by atoms with E-state index in [-0.39, 0.29) is 5.82 Å². The summed E-state index contributed by atoms with van der Waals surface area (Å²) < 4.78 is 13.6. The van der Waals surface area contributed by atoms with Crippen molar-refractivity contribution in [3.05, 3.63) is 35.6 Å². The average Bonchev–Trinajstić information content (AvgIpc) is 2.84. The van der Waals surface area contributed by atoms with E-state index in [1.54, 1.807) is 13.1 Å². The molecule has 2 rings (SSSR count). The third-order valence-corrected chi connectivity index (χ3v) is 4.29. The minimum Gasteiger partial charge on any atom is -0.356 e. The van der Waals surface area contributed by atoms with Crippen molar-refractivity contribution in [2.45, 2.75) is 32.1 Å². The van der Waals surface area contributed by atoms with Crippen LogP contribution >= 0.6 is 0 Å². The molecule has 23 heavy (non-hydrogen) atoms. The highest BCUT2D eigenvalue weighted by atomic mass is 19.1. The minimum absolute atomic E-state index is 0.140. The van der Waals surface area contributed by atoms with Crippen molar-refractivity contribution in [2.24, 2.45) is 4.99 Å². The van der Waals surface area contributed by atoms with Crippen molar-refractivity contribution in [2.75, 3.05) is 39.8 Å². The SMILES string of the molecule is CN=C(NCCc1ccccc1F)NCCN1CCCCCC1. The van der Waals surface area contributed by atoms with Crippen molar-refractivity contribution in [3.63, 3.8) is 0 Å². The first-order chi connectivity index (χ1) is 11.3. The Balaban J connectivity index is 1.64. The maximum Gasteiger partial charge on any atom is 0.191 e. The summed E-state index contributed by atoms with van der Waals surface area (Å²) in [5.74, 6) is 0.648. The normalized spacial score (nSPS) is 16.9. The van der Waals surface area contributed by atoms with Crippen molar-refractivity contribution in [1.29, 1.82) is 0 Å². The van der Waals surface area contributed by atoms with Gasteiger partial charge in [-0.1, -0.05) is 31.0 Å². The molecule has 0 radical (unpaired) electrons. The highest BCUT2D eigenvalue weighted by molar-refractivity contribution is 5.79. The Labute approximate surface area is 139 Å². The van der Waals surface area contributed by atoms with Crippen LogP contribution in [0.15, 0.2) is 29.3 Å². The summed E-state index contributed by atoms with van der Waals surface area (Å²) in [6.45, 7) is 5.03. The molecule has 0 aromatic heterocycles. The first-order valence-corrected chi connectivity index (χ1v) is 8.70. The fourth-order valence-electron chi connectivity index (χ4n) is 2.93. The zero-order chi connectivity index (χ0) is 16.3. The molecule has 1 aliphatic heterocycles. The monoisotopic (exact) mass is 320 g/mol. The Bertz CT molecular complexity index is 482. The summed E-state index contributed by atoms with van der Waals surface area (Å²) in [6.07, 6.45) is 6.01. The lowest BCUT2D eigenvalue weighted by Crippen LogP contribution is -2.42. The zero-order valence-corrected chi connectivity index (χ0v) is 14.2. The maximum absolute atomic E-state index is 13.6. The van der Waals surface area contributed by atoms with E-state index >= 15 is 0 Å². The Morgan fingerprint density at radius 3 is 2.48 bits per heavy atom. The van der Waals surface area contributed by atoms with Crippen LogP contribution in [0.3, 0.4) is 0 Å². The van der Waals surface area contributed by atoms with E-state index in [4.69, 9.17) is 0 Å². The van der Waals surface area contributed by atoms with Crippen molar-refractivity contribution in [1.82, 2.24) is 15.5 Å². The van der Waals surface area contributed by atoms with Crippen molar-refractivity contribution in [3.8, 4) is 0 Å². The molecule has 0 unspecified atom stereocenters. The van der Waals surface area contributed by atoms with Gasteiger partial charge in [0.1, 0.15) is 5.82 Å². The van der Waals surface area contributed by atoms with Crippen LogP contribution in [0, 0.1) is 5.82 Å². The van der Waals surface area contributed by atoms with Gasteiger partial charge >= 0.3 is 0 Å². The van der Waals surface area contributed by atoms with Gasteiger partial charge in [0.15, 0.2) is 5.96 Å². The number of likely N-dealkylation sites (tertiary alicyclic amines) is 1. The Morgan fingerprint density at radius 1 is 1.09 bits per heavy atom. The lowest BCUT2D eigenvalue weighted by atomic mass is 10.1. The number of benzene rings is 1. The van der Waals surface area contributed by atoms with Gasteiger partial charge < -0.3 is 15.5 Å². The van der Waals surface area contributed by atoms with E-state index < -0.39 is 0 Å². The highest BCUT2D eigenvalue weighted by Crippen LogP contribution is 2.08. The second-order valence-electron chi connectivity index (χ2n) is 6.02. The number of nitrogens with zero attached hydrogens (tertiary/aromatic N) is 2. The molecule has 1 heterocycles. The Hall–Kier alpha value is -1.62. The predicted molar refractivity (Wildman–Crippen MR) is 94.4 cm³/mol. The van der Waals surface area contributed by atoms with Crippen molar-refractivity contribution >= 4 is 5.96 Å². The summed E-state index contributed by atoms with van der Waals surface area (Å²) >= 11 is 0. The average molecular weight is 320 g/mol. The van der Waals surface area contributed by atoms with Gasteiger partial charge in [-0.05, 0) is 44.0 Å². The van der Waals surface area contributed by atoms with Gasteiger partial charge in [-0.15, -0.1) is 0 Å². The van der Waals surface area contributed by atoms with Gasteiger partial charge in [0.05, 0.1) is 0 Å². The second kappa shape index (κ2) is 10.2. The first kappa shape index (κ1) is 17.7. The van der Waals surface area contributed by atoms with Crippen LogP contribution in [-0.2, 0) is 6.42 Å². The van der Waals surface area contributed by atoms with Crippen LogP contribution in [0.25, 0.3) is 0 Å². The molecule has 0 spiro atoms. The number of hydrogen-bond acceptors (Lipinski definition) is 2. The highest BCUT2D eigenvalue weighted by Gasteiger charge is 2.08. The molecule has 1 aromatic carbocycles. The Kier molecular flexibility index (Phi) is 7.87. The van der Waals surface area contributed by atoms with Gasteiger partial charge in [0.2, 0.25) is 0 Å². The standard InChI is InChI=1S/C18H29FN4/c1-20-18(21-11-10-16-8-4-5-9-17(16)19)22-12-15-23-13-6-2-3-7-14-23/h4-5,8-9H,2-3,6-7,10-15H2,1H3,(H2,20,21,22). The van der Waals surface area contributed by atoms with Crippen LogP contribution < -0.4 is 10.6 Å². The number of nitrogens with one attached hydrogen (secondary N) is 2. The fourth-order valence-corrected chi connectivity index (χ4v) is 2.93. The van der Waals surface area contributed by atoms with E-state index in [1.807, 2.05) is 12.1 Å². The van der Waals surface area contributed by atoms with Crippen LogP contribution in [0.1, 0.15) is 31.2 Å².